The van der Waals surface area contributed by atoms with E-state index in [-0.39, 0.29) is 23.0 Å². The number of benzene rings is 1. The van der Waals surface area contributed by atoms with Crippen molar-refractivity contribution in [3.8, 4) is 22.2 Å². The first kappa shape index (κ1) is 21.2. The van der Waals surface area contributed by atoms with E-state index in [0.717, 1.165) is 4.88 Å². The van der Waals surface area contributed by atoms with Gasteiger partial charge in [0.1, 0.15) is 0 Å². The number of thiophene rings is 1. The summed E-state index contributed by atoms with van der Waals surface area (Å²) in [6, 6.07) is 8.35. The quantitative estimate of drug-likeness (QED) is 0.546. The van der Waals surface area contributed by atoms with Crippen molar-refractivity contribution in [3.63, 3.8) is 0 Å². The molecule has 1 aliphatic rings. The van der Waals surface area contributed by atoms with Crippen LogP contribution in [0.5, 0.6) is 11.5 Å². The number of halogens is 2. The van der Waals surface area contributed by atoms with Gasteiger partial charge in [-0.1, -0.05) is 17.3 Å². The number of hydrogen-bond acceptors (Lipinski definition) is 8. The predicted molar refractivity (Wildman–Crippen MR) is 108 cm³/mol. The lowest BCUT2D eigenvalue weighted by molar-refractivity contribution is -0.0517. The number of piperazine rings is 1. The molecule has 0 radical (unpaired) electrons. The van der Waals surface area contributed by atoms with E-state index < -0.39 is 6.61 Å². The van der Waals surface area contributed by atoms with Crippen LogP contribution in [-0.4, -0.2) is 65.7 Å². The second-order valence-electron chi connectivity index (χ2n) is 6.77. The second-order valence-corrected chi connectivity index (χ2v) is 7.72. The van der Waals surface area contributed by atoms with Crippen molar-refractivity contribution in [3.05, 3.63) is 47.2 Å². The summed E-state index contributed by atoms with van der Waals surface area (Å²) in [4.78, 5) is 22.0. The summed E-state index contributed by atoms with van der Waals surface area (Å²) in [7, 11) is 1.34. The molecule has 4 rings (SSSR count). The molecular weight excluding hydrogens is 430 g/mol. The van der Waals surface area contributed by atoms with Crippen LogP contribution >= 0.6 is 11.3 Å². The summed E-state index contributed by atoms with van der Waals surface area (Å²) in [5.74, 6) is 0.515. The fourth-order valence-corrected chi connectivity index (χ4v) is 4.00. The summed E-state index contributed by atoms with van der Waals surface area (Å²) in [6.07, 6.45) is 0. The number of carbonyl (C=O) groups is 1. The Balaban J connectivity index is 1.38. The molecule has 0 N–H and O–H groups in total. The SMILES string of the molecule is COc1cccc(C(=O)N2CCN(Cc3nc(-c4cccs4)no3)CC2)c1OC(F)F. The van der Waals surface area contributed by atoms with Crippen molar-refractivity contribution < 1.29 is 27.6 Å². The van der Waals surface area contributed by atoms with Crippen LogP contribution in [0.3, 0.4) is 0 Å². The largest absolute Gasteiger partial charge is 0.493 e. The van der Waals surface area contributed by atoms with Gasteiger partial charge in [0, 0.05) is 26.2 Å². The highest BCUT2D eigenvalue weighted by Crippen LogP contribution is 2.33. The van der Waals surface area contributed by atoms with E-state index in [1.165, 1.54) is 30.6 Å². The van der Waals surface area contributed by atoms with Gasteiger partial charge in [0.05, 0.1) is 24.1 Å². The zero-order valence-electron chi connectivity index (χ0n) is 16.7. The molecule has 1 aliphatic heterocycles. The Hall–Kier alpha value is -3.05. The molecule has 3 heterocycles. The molecule has 0 spiro atoms. The van der Waals surface area contributed by atoms with Crippen molar-refractivity contribution in [2.75, 3.05) is 33.3 Å². The van der Waals surface area contributed by atoms with Gasteiger partial charge >= 0.3 is 6.61 Å². The summed E-state index contributed by atoms with van der Waals surface area (Å²) in [5, 5.41) is 5.95. The monoisotopic (exact) mass is 450 g/mol. The van der Waals surface area contributed by atoms with Crippen molar-refractivity contribution in [2.45, 2.75) is 13.2 Å². The minimum Gasteiger partial charge on any atom is -0.493 e. The van der Waals surface area contributed by atoms with Gasteiger partial charge in [0.15, 0.2) is 11.5 Å². The number of alkyl halides is 2. The molecule has 1 aromatic carbocycles. The van der Waals surface area contributed by atoms with E-state index >= 15 is 0 Å². The van der Waals surface area contributed by atoms with E-state index in [4.69, 9.17) is 9.26 Å². The molecule has 1 saturated heterocycles. The number of nitrogens with zero attached hydrogens (tertiary/aromatic N) is 4. The third kappa shape index (κ3) is 4.83. The highest BCUT2D eigenvalue weighted by atomic mass is 32.1. The molecule has 0 bridgehead atoms. The van der Waals surface area contributed by atoms with Gasteiger partial charge in [-0.15, -0.1) is 11.3 Å². The lowest BCUT2D eigenvalue weighted by atomic mass is 10.1. The number of amides is 1. The lowest BCUT2D eigenvalue weighted by Crippen LogP contribution is -2.48. The van der Waals surface area contributed by atoms with Crippen molar-refractivity contribution in [1.82, 2.24) is 19.9 Å². The average Bonchev–Trinajstić information content (AvgIpc) is 3.45. The zero-order valence-corrected chi connectivity index (χ0v) is 17.5. The summed E-state index contributed by atoms with van der Waals surface area (Å²) >= 11 is 1.54. The van der Waals surface area contributed by atoms with Crippen LogP contribution < -0.4 is 9.47 Å². The number of aromatic nitrogens is 2. The maximum Gasteiger partial charge on any atom is 0.387 e. The van der Waals surface area contributed by atoms with Gasteiger partial charge < -0.3 is 18.9 Å². The van der Waals surface area contributed by atoms with Crippen molar-refractivity contribution >= 4 is 17.2 Å². The van der Waals surface area contributed by atoms with E-state index in [1.807, 2.05) is 17.5 Å². The molecule has 11 heteroatoms. The Labute approximate surface area is 181 Å². The van der Waals surface area contributed by atoms with E-state index in [0.29, 0.717) is 44.4 Å². The average molecular weight is 450 g/mol. The Bertz CT molecular complexity index is 1020. The molecule has 0 aliphatic carbocycles. The van der Waals surface area contributed by atoms with Crippen LogP contribution in [0.15, 0.2) is 40.2 Å². The van der Waals surface area contributed by atoms with Crippen molar-refractivity contribution in [1.29, 1.82) is 0 Å². The fraction of sp³-hybridized carbons (Fsp3) is 0.350. The second kappa shape index (κ2) is 9.40. The first-order chi connectivity index (χ1) is 15.0. The van der Waals surface area contributed by atoms with E-state index in [1.54, 1.807) is 11.0 Å². The predicted octanol–water partition coefficient (Wildman–Crippen LogP) is 3.37. The maximum atomic E-state index is 13.0. The molecule has 1 fully saturated rings. The highest BCUT2D eigenvalue weighted by molar-refractivity contribution is 7.13. The topological polar surface area (TPSA) is 80.9 Å². The van der Waals surface area contributed by atoms with Crippen LogP contribution in [0.25, 0.3) is 10.7 Å². The molecule has 0 saturated carbocycles. The minimum atomic E-state index is -3.06. The van der Waals surface area contributed by atoms with Crippen molar-refractivity contribution in [2.24, 2.45) is 0 Å². The molecule has 2 aromatic heterocycles. The standard InChI is InChI=1S/C20H20F2N4O4S/c1-28-14-5-2-4-13(17(14)29-20(21)22)19(27)26-9-7-25(8-10-26)12-16-23-18(24-30-16)15-6-3-11-31-15/h2-6,11,20H,7-10,12H2,1H3. The Kier molecular flexibility index (Phi) is 6.42. The zero-order chi connectivity index (χ0) is 21.8. The summed E-state index contributed by atoms with van der Waals surface area (Å²) in [5.41, 5.74) is 0.0468. The van der Waals surface area contributed by atoms with Gasteiger partial charge in [-0.25, -0.2) is 0 Å². The smallest absolute Gasteiger partial charge is 0.387 e. The normalized spacial score (nSPS) is 14.8. The van der Waals surface area contributed by atoms with Gasteiger partial charge in [0.25, 0.3) is 5.91 Å². The first-order valence-corrected chi connectivity index (χ1v) is 10.4. The molecule has 0 atom stereocenters. The van der Waals surface area contributed by atoms with Crippen LogP contribution in [0.2, 0.25) is 0 Å². The molecule has 31 heavy (non-hydrogen) atoms. The fourth-order valence-electron chi connectivity index (χ4n) is 3.35. The van der Waals surface area contributed by atoms with Gasteiger partial charge in [-0.05, 0) is 23.6 Å². The highest BCUT2D eigenvalue weighted by Gasteiger charge is 2.27. The van der Waals surface area contributed by atoms with E-state index in [2.05, 4.69) is 19.8 Å². The molecular formula is C20H20F2N4O4S. The minimum absolute atomic E-state index is 0.0468. The maximum absolute atomic E-state index is 13.0. The Morgan fingerprint density at radius 3 is 2.71 bits per heavy atom. The molecule has 164 valence electrons. The van der Waals surface area contributed by atoms with E-state index in [9.17, 15) is 13.6 Å². The number of carbonyl (C=O) groups excluding carboxylic acids is 1. The lowest BCUT2D eigenvalue weighted by Gasteiger charge is -2.34. The molecule has 8 nitrogen and oxygen atoms in total. The molecule has 0 unspecified atom stereocenters. The summed E-state index contributed by atoms with van der Waals surface area (Å²) < 4.78 is 40.7. The van der Waals surface area contributed by atoms with Crippen LogP contribution in [0.4, 0.5) is 8.78 Å². The number of hydrogen-bond donors (Lipinski definition) is 0. The van der Waals surface area contributed by atoms with Gasteiger partial charge in [-0.2, -0.15) is 13.8 Å². The number of para-hydroxylation sites is 1. The number of ether oxygens (including phenoxy) is 2. The summed E-state index contributed by atoms with van der Waals surface area (Å²) in [6.45, 7) is -0.575. The van der Waals surface area contributed by atoms with Gasteiger partial charge in [0.2, 0.25) is 11.7 Å². The number of rotatable bonds is 7. The molecule has 3 aromatic rings. The number of methoxy groups -OCH3 is 1. The molecule has 1 amide bonds. The first-order valence-electron chi connectivity index (χ1n) is 9.55. The Morgan fingerprint density at radius 2 is 2.03 bits per heavy atom. The third-order valence-corrected chi connectivity index (χ3v) is 5.73. The third-order valence-electron chi connectivity index (χ3n) is 4.86. The van der Waals surface area contributed by atoms with Gasteiger partial charge in [-0.3, -0.25) is 9.69 Å². The van der Waals surface area contributed by atoms with Crippen LogP contribution in [0.1, 0.15) is 16.2 Å². The van der Waals surface area contributed by atoms with Crippen LogP contribution in [-0.2, 0) is 6.54 Å². The van der Waals surface area contributed by atoms with Crippen LogP contribution in [0, 0.1) is 0 Å². The Morgan fingerprint density at radius 1 is 1.23 bits per heavy atom.